The molecule has 1 rings (SSSR count). The largest absolute Gasteiger partial charge is 0.389 e. The van der Waals surface area contributed by atoms with Gasteiger partial charge in [-0.05, 0) is 32.6 Å². The molecule has 1 aliphatic heterocycles. The van der Waals surface area contributed by atoms with Gasteiger partial charge in [-0.2, -0.15) is 11.8 Å². The van der Waals surface area contributed by atoms with Crippen molar-refractivity contribution in [2.24, 2.45) is 5.92 Å². The smallest absolute Gasteiger partial charge is 0.0749 e. The van der Waals surface area contributed by atoms with Crippen molar-refractivity contribution in [2.45, 2.75) is 25.4 Å². The maximum absolute atomic E-state index is 10.1. The molecule has 1 fully saturated rings. The van der Waals surface area contributed by atoms with Crippen LogP contribution in [0.15, 0.2) is 0 Å². The van der Waals surface area contributed by atoms with Crippen molar-refractivity contribution >= 4 is 11.8 Å². The highest BCUT2D eigenvalue weighted by Crippen LogP contribution is 2.26. The topological polar surface area (TPSA) is 32.3 Å². The molecule has 2 atom stereocenters. The van der Waals surface area contributed by atoms with Crippen LogP contribution in [0.4, 0.5) is 0 Å². The van der Waals surface area contributed by atoms with E-state index in [0.717, 1.165) is 18.8 Å². The molecule has 1 saturated heterocycles. The Balaban J connectivity index is 2.41. The van der Waals surface area contributed by atoms with Crippen LogP contribution in [0.2, 0.25) is 0 Å². The van der Waals surface area contributed by atoms with Crippen molar-refractivity contribution < 1.29 is 5.11 Å². The standard InChI is InChI=1S/C9H19NOS/c1-9(11,7-12-2)8-4-3-5-10-6-8/h8,10-11H,3-7H2,1-2H3. The van der Waals surface area contributed by atoms with Gasteiger partial charge in [0.05, 0.1) is 5.60 Å². The van der Waals surface area contributed by atoms with Crippen molar-refractivity contribution in [1.29, 1.82) is 0 Å². The van der Waals surface area contributed by atoms with E-state index in [1.807, 2.05) is 13.2 Å². The van der Waals surface area contributed by atoms with Gasteiger partial charge in [0.2, 0.25) is 0 Å². The Hall–Kier alpha value is 0.270. The molecule has 0 aliphatic carbocycles. The summed E-state index contributed by atoms with van der Waals surface area (Å²) >= 11 is 1.72. The first-order valence-electron chi connectivity index (χ1n) is 4.59. The lowest BCUT2D eigenvalue weighted by Gasteiger charge is -2.35. The molecule has 2 nitrogen and oxygen atoms in total. The molecule has 72 valence electrons. The number of hydrogen-bond donors (Lipinski definition) is 2. The SMILES string of the molecule is CSCC(C)(O)C1CCCNC1. The maximum Gasteiger partial charge on any atom is 0.0749 e. The highest BCUT2D eigenvalue weighted by atomic mass is 32.2. The Morgan fingerprint density at radius 2 is 2.42 bits per heavy atom. The number of thioether (sulfide) groups is 1. The van der Waals surface area contributed by atoms with Crippen molar-refractivity contribution in [2.75, 3.05) is 25.1 Å². The van der Waals surface area contributed by atoms with Crippen molar-refractivity contribution in [3.8, 4) is 0 Å². The van der Waals surface area contributed by atoms with Gasteiger partial charge in [0.1, 0.15) is 0 Å². The summed E-state index contributed by atoms with van der Waals surface area (Å²) in [5, 5.41) is 13.4. The third kappa shape index (κ3) is 2.64. The molecule has 0 aromatic rings. The predicted molar refractivity (Wildman–Crippen MR) is 54.6 cm³/mol. The Morgan fingerprint density at radius 3 is 2.92 bits per heavy atom. The van der Waals surface area contributed by atoms with Gasteiger partial charge >= 0.3 is 0 Å². The molecule has 1 aliphatic rings. The van der Waals surface area contributed by atoms with E-state index in [2.05, 4.69) is 5.32 Å². The fourth-order valence-corrected chi connectivity index (χ4v) is 2.61. The fraction of sp³-hybridized carbons (Fsp3) is 1.00. The molecule has 0 saturated carbocycles. The van der Waals surface area contributed by atoms with E-state index in [9.17, 15) is 5.11 Å². The van der Waals surface area contributed by atoms with Gasteiger partial charge in [0.25, 0.3) is 0 Å². The van der Waals surface area contributed by atoms with Gasteiger partial charge in [-0.1, -0.05) is 0 Å². The summed E-state index contributed by atoms with van der Waals surface area (Å²) in [5.74, 6) is 1.29. The van der Waals surface area contributed by atoms with Gasteiger partial charge < -0.3 is 10.4 Å². The van der Waals surface area contributed by atoms with E-state index < -0.39 is 5.60 Å². The quantitative estimate of drug-likeness (QED) is 0.697. The van der Waals surface area contributed by atoms with Gasteiger partial charge in [0.15, 0.2) is 0 Å². The minimum atomic E-state index is -0.479. The second kappa shape index (κ2) is 4.49. The van der Waals surface area contributed by atoms with Crippen LogP contribution in [-0.2, 0) is 0 Å². The van der Waals surface area contributed by atoms with Crippen molar-refractivity contribution in [1.82, 2.24) is 5.32 Å². The Morgan fingerprint density at radius 1 is 1.67 bits per heavy atom. The first-order chi connectivity index (χ1) is 5.67. The molecule has 2 N–H and O–H groups in total. The molecule has 1 heterocycles. The summed E-state index contributed by atoms with van der Waals surface area (Å²) in [6, 6.07) is 0. The van der Waals surface area contributed by atoms with E-state index in [4.69, 9.17) is 0 Å². The molecule has 0 amide bonds. The van der Waals surface area contributed by atoms with Crippen molar-refractivity contribution in [3.63, 3.8) is 0 Å². The maximum atomic E-state index is 10.1. The highest BCUT2D eigenvalue weighted by Gasteiger charge is 2.31. The number of nitrogens with one attached hydrogen (secondary N) is 1. The summed E-state index contributed by atoms with van der Waals surface area (Å²) in [6.07, 6.45) is 4.42. The normalized spacial score (nSPS) is 29.8. The third-order valence-electron chi connectivity index (χ3n) is 2.61. The lowest BCUT2D eigenvalue weighted by atomic mass is 9.85. The summed E-state index contributed by atoms with van der Waals surface area (Å²) in [5.41, 5.74) is -0.479. The van der Waals surface area contributed by atoms with Crippen LogP contribution < -0.4 is 5.32 Å². The first-order valence-corrected chi connectivity index (χ1v) is 5.98. The molecule has 3 heteroatoms. The minimum Gasteiger partial charge on any atom is -0.389 e. The molecule has 0 bridgehead atoms. The lowest BCUT2D eigenvalue weighted by Crippen LogP contribution is -2.45. The Bertz CT molecular complexity index is 132. The van der Waals surface area contributed by atoms with Crippen LogP contribution in [0, 0.1) is 5.92 Å². The van der Waals surface area contributed by atoms with Crippen LogP contribution in [0.3, 0.4) is 0 Å². The summed E-state index contributed by atoms with van der Waals surface area (Å²) in [7, 11) is 0. The molecule has 0 radical (unpaired) electrons. The molecular weight excluding hydrogens is 170 g/mol. The van der Waals surface area contributed by atoms with E-state index in [-0.39, 0.29) is 0 Å². The third-order valence-corrected chi connectivity index (χ3v) is 3.49. The van der Waals surface area contributed by atoms with Gasteiger partial charge in [-0.15, -0.1) is 0 Å². The number of piperidine rings is 1. The summed E-state index contributed by atoms with van der Waals surface area (Å²) in [6.45, 7) is 4.06. The number of rotatable bonds is 3. The summed E-state index contributed by atoms with van der Waals surface area (Å²) in [4.78, 5) is 0. The van der Waals surface area contributed by atoms with Crippen LogP contribution >= 0.6 is 11.8 Å². The average Bonchev–Trinajstić information content (AvgIpc) is 2.06. The second-order valence-electron chi connectivity index (χ2n) is 3.83. The Labute approximate surface area is 79.1 Å². The Kier molecular flexibility index (Phi) is 3.87. The highest BCUT2D eigenvalue weighted by molar-refractivity contribution is 7.98. The van der Waals surface area contributed by atoms with Crippen molar-refractivity contribution in [3.05, 3.63) is 0 Å². The van der Waals surface area contributed by atoms with Gasteiger partial charge in [0, 0.05) is 18.2 Å². The molecular formula is C9H19NOS. The van der Waals surface area contributed by atoms with Crippen LogP contribution in [0.25, 0.3) is 0 Å². The molecule has 0 aromatic heterocycles. The molecule has 2 unspecified atom stereocenters. The van der Waals surface area contributed by atoms with E-state index in [0.29, 0.717) is 5.92 Å². The fourth-order valence-electron chi connectivity index (χ4n) is 1.79. The van der Waals surface area contributed by atoms with Gasteiger partial charge in [-0.25, -0.2) is 0 Å². The van der Waals surface area contributed by atoms with E-state index >= 15 is 0 Å². The number of hydrogen-bond acceptors (Lipinski definition) is 3. The van der Waals surface area contributed by atoms with Crippen LogP contribution in [-0.4, -0.2) is 35.8 Å². The minimum absolute atomic E-state index is 0.443. The zero-order valence-electron chi connectivity index (χ0n) is 7.97. The molecule has 12 heavy (non-hydrogen) atoms. The summed E-state index contributed by atoms with van der Waals surface area (Å²) < 4.78 is 0. The van der Waals surface area contributed by atoms with Gasteiger partial charge in [-0.3, -0.25) is 0 Å². The monoisotopic (exact) mass is 189 g/mol. The average molecular weight is 189 g/mol. The number of aliphatic hydroxyl groups is 1. The van der Waals surface area contributed by atoms with Crippen LogP contribution in [0.5, 0.6) is 0 Å². The molecule has 0 spiro atoms. The van der Waals surface area contributed by atoms with E-state index in [1.54, 1.807) is 11.8 Å². The zero-order valence-corrected chi connectivity index (χ0v) is 8.78. The first kappa shape index (κ1) is 10.4. The lowest BCUT2D eigenvalue weighted by molar-refractivity contribution is 0.0115. The molecule has 0 aromatic carbocycles. The van der Waals surface area contributed by atoms with E-state index in [1.165, 1.54) is 12.8 Å². The van der Waals surface area contributed by atoms with Crippen LogP contribution in [0.1, 0.15) is 19.8 Å². The zero-order chi connectivity index (χ0) is 9.03. The second-order valence-corrected chi connectivity index (χ2v) is 4.70. The predicted octanol–water partition coefficient (Wildman–Crippen LogP) is 1.10.